The Labute approximate surface area is 236 Å². The third-order valence-electron chi connectivity index (χ3n) is 7.90. The number of hydrogen-bond acceptors (Lipinski definition) is 6. The Morgan fingerprint density at radius 3 is 2.51 bits per heavy atom. The van der Waals surface area contributed by atoms with Crippen LogP contribution in [-0.4, -0.2) is 79.7 Å². The monoisotopic (exact) mass is 557 g/mol. The number of amides is 2. The van der Waals surface area contributed by atoms with Crippen molar-refractivity contribution in [1.82, 2.24) is 9.80 Å². The van der Waals surface area contributed by atoms with Crippen LogP contribution < -0.4 is 14.4 Å². The molecule has 4 rings (SSSR count). The zero-order valence-electron chi connectivity index (χ0n) is 23.5. The number of para-hydroxylation sites is 1. The predicted molar refractivity (Wildman–Crippen MR) is 152 cm³/mol. The van der Waals surface area contributed by atoms with Crippen LogP contribution in [0.2, 0.25) is 5.02 Å². The summed E-state index contributed by atoms with van der Waals surface area (Å²) in [4.78, 5) is 31.7. The van der Waals surface area contributed by atoms with E-state index in [1.54, 1.807) is 44.3 Å². The van der Waals surface area contributed by atoms with E-state index in [2.05, 4.69) is 18.7 Å². The zero-order valence-corrected chi connectivity index (χ0v) is 24.3. The highest BCUT2D eigenvalue weighted by Crippen LogP contribution is 2.44. The van der Waals surface area contributed by atoms with Crippen LogP contribution in [0.1, 0.15) is 45.1 Å². The Balaban J connectivity index is 1.38. The van der Waals surface area contributed by atoms with Gasteiger partial charge < -0.3 is 29.3 Å². The van der Waals surface area contributed by atoms with Crippen LogP contribution in [0.5, 0.6) is 11.5 Å². The molecule has 2 unspecified atom stereocenters. The molecule has 2 heterocycles. The largest absolute Gasteiger partial charge is 0.497 e. The molecule has 212 valence electrons. The Morgan fingerprint density at radius 1 is 1.18 bits per heavy atom. The second-order valence-corrected chi connectivity index (χ2v) is 11.5. The number of carbonyl (C=O) groups excluding carboxylic acids is 2. The Hall–Kier alpha value is -2.81. The molecule has 0 aliphatic carbocycles. The van der Waals surface area contributed by atoms with E-state index in [-0.39, 0.29) is 24.5 Å². The molecule has 0 saturated carbocycles. The molecule has 8 nitrogen and oxygen atoms in total. The summed E-state index contributed by atoms with van der Waals surface area (Å²) in [6.07, 6.45) is 2.13. The number of methoxy groups -OCH3 is 1. The number of ether oxygens (including phenoxy) is 2. The van der Waals surface area contributed by atoms with Crippen molar-refractivity contribution in [2.24, 2.45) is 5.92 Å². The normalized spacial score (nSPS) is 20.7. The van der Waals surface area contributed by atoms with Crippen molar-refractivity contribution < 1.29 is 24.2 Å². The van der Waals surface area contributed by atoms with Gasteiger partial charge in [-0.2, -0.15) is 0 Å². The number of likely N-dealkylation sites (tertiary alicyclic amines) is 1. The number of halogens is 1. The number of piperidine rings is 1. The molecule has 0 spiro atoms. The molecule has 1 saturated heterocycles. The molecule has 1 fully saturated rings. The van der Waals surface area contributed by atoms with E-state index >= 15 is 0 Å². The molecule has 0 bridgehead atoms. The van der Waals surface area contributed by atoms with Gasteiger partial charge in [0.1, 0.15) is 17.6 Å². The van der Waals surface area contributed by atoms with Gasteiger partial charge in [-0.15, -0.1) is 0 Å². The van der Waals surface area contributed by atoms with Crippen molar-refractivity contribution in [3.63, 3.8) is 0 Å². The number of carbonyl (C=O) groups is 2. The van der Waals surface area contributed by atoms with Gasteiger partial charge in [0, 0.05) is 51.4 Å². The Kier molecular flexibility index (Phi) is 9.09. The average Bonchev–Trinajstić information content (AvgIpc) is 3.13. The molecule has 2 atom stereocenters. The smallest absolute Gasteiger partial charge is 0.264 e. The molecular formula is C30H40ClN3O5. The lowest BCUT2D eigenvalue weighted by atomic mass is 9.91. The van der Waals surface area contributed by atoms with Gasteiger partial charge in [0.15, 0.2) is 5.60 Å². The molecule has 2 aromatic rings. The summed E-state index contributed by atoms with van der Waals surface area (Å²) in [5.74, 6) is 0.941. The zero-order chi connectivity index (χ0) is 28.3. The second kappa shape index (κ2) is 12.1. The van der Waals surface area contributed by atoms with Crippen LogP contribution in [0.3, 0.4) is 0 Å². The minimum atomic E-state index is -1.84. The van der Waals surface area contributed by atoms with Crippen molar-refractivity contribution in [1.29, 1.82) is 0 Å². The maximum absolute atomic E-state index is 13.6. The number of benzene rings is 2. The Morgan fingerprint density at radius 2 is 1.87 bits per heavy atom. The molecule has 2 aliphatic heterocycles. The van der Waals surface area contributed by atoms with E-state index in [1.807, 2.05) is 24.3 Å². The second-order valence-electron chi connectivity index (χ2n) is 11.1. The van der Waals surface area contributed by atoms with E-state index in [0.29, 0.717) is 33.7 Å². The first-order valence-corrected chi connectivity index (χ1v) is 14.0. The molecule has 39 heavy (non-hydrogen) atoms. The van der Waals surface area contributed by atoms with Crippen LogP contribution in [-0.2, 0) is 15.2 Å². The summed E-state index contributed by atoms with van der Waals surface area (Å²) in [7, 11) is 4.88. The molecule has 1 N–H and O–H groups in total. The van der Waals surface area contributed by atoms with Crippen LogP contribution in [0.25, 0.3) is 0 Å². The lowest BCUT2D eigenvalue weighted by molar-refractivity contribution is -0.146. The number of fused-ring (bicyclic) bond motifs is 1. The molecule has 0 aromatic heterocycles. The lowest BCUT2D eigenvalue weighted by Gasteiger charge is -2.38. The highest BCUT2D eigenvalue weighted by Gasteiger charge is 2.53. The Bertz CT molecular complexity index is 1180. The molecule has 2 aliphatic rings. The van der Waals surface area contributed by atoms with Gasteiger partial charge in [0.25, 0.3) is 5.91 Å². The molecule has 2 aromatic carbocycles. The first-order chi connectivity index (χ1) is 18.5. The van der Waals surface area contributed by atoms with Crippen molar-refractivity contribution in [3.8, 4) is 11.5 Å². The van der Waals surface area contributed by atoms with Crippen LogP contribution >= 0.6 is 11.6 Å². The van der Waals surface area contributed by atoms with E-state index in [0.717, 1.165) is 38.9 Å². The van der Waals surface area contributed by atoms with Crippen LogP contribution in [0, 0.1) is 5.92 Å². The number of hydrogen-bond donors (Lipinski definition) is 1. The average molecular weight is 558 g/mol. The van der Waals surface area contributed by atoms with Gasteiger partial charge in [0.2, 0.25) is 5.91 Å². The fourth-order valence-electron chi connectivity index (χ4n) is 5.47. The summed E-state index contributed by atoms with van der Waals surface area (Å²) < 4.78 is 11.6. The van der Waals surface area contributed by atoms with Gasteiger partial charge in [-0.05, 0) is 43.4 Å². The molecule has 9 heteroatoms. The standard InChI is InChI=1S/C30H40ClN3O5/c1-20(2)26(39-27-18-22(38-5)10-11-24(27)31)14-17-33-15-12-21(13-16-33)34-25-9-7-6-8-23(25)30(37,29(34)36)19-28(35)32(3)4/h6-11,18,20-21,26,37H,12-17,19H2,1-5H3. The van der Waals surface area contributed by atoms with Crippen LogP contribution in [0.4, 0.5) is 5.69 Å². The summed E-state index contributed by atoms with van der Waals surface area (Å²) in [6, 6.07) is 12.7. The van der Waals surface area contributed by atoms with Gasteiger partial charge in [-0.1, -0.05) is 43.6 Å². The van der Waals surface area contributed by atoms with E-state index < -0.39 is 11.5 Å². The highest BCUT2D eigenvalue weighted by molar-refractivity contribution is 6.32. The fraction of sp³-hybridized carbons (Fsp3) is 0.533. The maximum atomic E-state index is 13.6. The molecule has 2 amide bonds. The van der Waals surface area contributed by atoms with Gasteiger partial charge in [-0.25, -0.2) is 0 Å². The summed E-state index contributed by atoms with van der Waals surface area (Å²) >= 11 is 6.38. The number of rotatable bonds is 10. The summed E-state index contributed by atoms with van der Waals surface area (Å²) in [5.41, 5.74) is -0.614. The number of aliphatic hydroxyl groups is 1. The highest BCUT2D eigenvalue weighted by atomic mass is 35.5. The minimum Gasteiger partial charge on any atom is -0.497 e. The van der Waals surface area contributed by atoms with Gasteiger partial charge in [0.05, 0.1) is 24.2 Å². The number of anilines is 1. The fourth-order valence-corrected chi connectivity index (χ4v) is 5.63. The first-order valence-electron chi connectivity index (χ1n) is 13.6. The van der Waals surface area contributed by atoms with Crippen LogP contribution in [0.15, 0.2) is 42.5 Å². The predicted octanol–water partition coefficient (Wildman–Crippen LogP) is 4.32. The topological polar surface area (TPSA) is 82.5 Å². The van der Waals surface area contributed by atoms with Gasteiger partial charge in [-0.3, -0.25) is 9.59 Å². The minimum absolute atomic E-state index is 0.0106. The number of nitrogens with zero attached hydrogens (tertiary/aromatic N) is 3. The van der Waals surface area contributed by atoms with Crippen molar-refractivity contribution in [3.05, 3.63) is 53.1 Å². The SMILES string of the molecule is COc1ccc(Cl)c(OC(CCN2CCC(N3C(=O)C(O)(CC(=O)N(C)C)c4ccccc43)CC2)C(C)C)c1. The third-order valence-corrected chi connectivity index (χ3v) is 8.21. The third kappa shape index (κ3) is 6.18. The summed E-state index contributed by atoms with van der Waals surface area (Å²) in [5, 5.41) is 12.0. The quantitative estimate of drug-likeness (QED) is 0.468. The maximum Gasteiger partial charge on any atom is 0.264 e. The van der Waals surface area contributed by atoms with E-state index in [4.69, 9.17) is 21.1 Å². The van der Waals surface area contributed by atoms with Crippen molar-refractivity contribution in [2.45, 2.75) is 57.3 Å². The summed E-state index contributed by atoms with van der Waals surface area (Å²) in [6.45, 7) is 6.81. The van der Waals surface area contributed by atoms with Crippen molar-refractivity contribution in [2.75, 3.05) is 45.7 Å². The first kappa shape index (κ1) is 29.2. The van der Waals surface area contributed by atoms with Crippen molar-refractivity contribution >= 4 is 29.1 Å². The van der Waals surface area contributed by atoms with Gasteiger partial charge >= 0.3 is 0 Å². The van der Waals surface area contributed by atoms with E-state index in [9.17, 15) is 14.7 Å². The molecule has 0 radical (unpaired) electrons. The van der Waals surface area contributed by atoms with E-state index in [1.165, 1.54) is 4.90 Å². The molecular weight excluding hydrogens is 518 g/mol. The lowest BCUT2D eigenvalue weighted by Crippen LogP contribution is -2.51.